The normalized spacial score (nSPS) is 20.9. The van der Waals surface area contributed by atoms with E-state index in [0.717, 1.165) is 54.9 Å². The van der Waals surface area contributed by atoms with Crippen LogP contribution in [0.4, 0.5) is 0 Å². The van der Waals surface area contributed by atoms with Crippen molar-refractivity contribution in [3.05, 3.63) is 22.6 Å². The van der Waals surface area contributed by atoms with Crippen molar-refractivity contribution >= 4 is 5.91 Å². The first kappa shape index (κ1) is 12.7. The van der Waals surface area contributed by atoms with Crippen LogP contribution in [0.1, 0.15) is 40.3 Å². The van der Waals surface area contributed by atoms with E-state index in [4.69, 9.17) is 4.42 Å². The number of rotatable bonds is 2. The fourth-order valence-corrected chi connectivity index (χ4v) is 3.00. The lowest BCUT2D eigenvalue weighted by Gasteiger charge is -2.34. The minimum absolute atomic E-state index is 0.141. The third-order valence-electron chi connectivity index (χ3n) is 4.44. The molecule has 3 rings (SSSR count). The molecule has 1 aromatic heterocycles. The maximum Gasteiger partial charge on any atom is 0.257 e. The van der Waals surface area contributed by atoms with E-state index in [-0.39, 0.29) is 5.91 Å². The molecule has 104 valence electrons. The van der Waals surface area contributed by atoms with Gasteiger partial charge in [0, 0.05) is 37.8 Å². The zero-order valence-electron chi connectivity index (χ0n) is 12.0. The Morgan fingerprint density at radius 2 is 1.68 bits per heavy atom. The van der Waals surface area contributed by atoms with Crippen LogP contribution in [0.25, 0.3) is 0 Å². The number of piperazine rings is 1. The molecule has 2 fully saturated rings. The molecule has 0 aromatic carbocycles. The summed E-state index contributed by atoms with van der Waals surface area (Å²) in [6.07, 6.45) is 2.68. The number of amides is 1. The smallest absolute Gasteiger partial charge is 0.257 e. The molecular formula is C15H22N2O2. The number of carbonyl (C=O) groups is 1. The summed E-state index contributed by atoms with van der Waals surface area (Å²) in [7, 11) is 0. The van der Waals surface area contributed by atoms with Crippen LogP contribution in [-0.4, -0.2) is 47.9 Å². The van der Waals surface area contributed by atoms with Crippen LogP contribution < -0.4 is 0 Å². The first-order chi connectivity index (χ1) is 9.08. The fourth-order valence-electron chi connectivity index (χ4n) is 3.00. The lowest BCUT2D eigenvalue weighted by molar-refractivity contribution is 0.0625. The van der Waals surface area contributed by atoms with Crippen LogP contribution in [0, 0.1) is 20.8 Å². The molecule has 0 unspecified atom stereocenters. The van der Waals surface area contributed by atoms with Crippen LogP contribution in [0.2, 0.25) is 0 Å². The summed E-state index contributed by atoms with van der Waals surface area (Å²) >= 11 is 0. The lowest BCUT2D eigenvalue weighted by atomic mass is 10.1. The average Bonchev–Trinajstić information content (AvgIpc) is 3.19. The Balaban J connectivity index is 1.70. The molecule has 1 saturated heterocycles. The van der Waals surface area contributed by atoms with E-state index in [0.29, 0.717) is 0 Å². The van der Waals surface area contributed by atoms with Gasteiger partial charge in [-0.1, -0.05) is 0 Å². The molecule has 1 aliphatic carbocycles. The van der Waals surface area contributed by atoms with Crippen molar-refractivity contribution < 1.29 is 9.21 Å². The summed E-state index contributed by atoms with van der Waals surface area (Å²) in [6, 6.07) is 0.803. The predicted octanol–water partition coefficient (Wildman–Crippen LogP) is 2.13. The van der Waals surface area contributed by atoms with Crippen molar-refractivity contribution in [2.45, 2.75) is 39.7 Å². The van der Waals surface area contributed by atoms with Crippen molar-refractivity contribution in [2.24, 2.45) is 0 Å². The Morgan fingerprint density at radius 1 is 1.05 bits per heavy atom. The maximum atomic E-state index is 12.6. The second-order valence-corrected chi connectivity index (χ2v) is 5.77. The van der Waals surface area contributed by atoms with Gasteiger partial charge in [-0.15, -0.1) is 0 Å². The molecule has 1 amide bonds. The molecule has 2 heterocycles. The zero-order valence-corrected chi connectivity index (χ0v) is 12.0. The molecule has 0 spiro atoms. The fraction of sp³-hybridized carbons (Fsp3) is 0.667. The molecule has 19 heavy (non-hydrogen) atoms. The van der Waals surface area contributed by atoms with E-state index >= 15 is 0 Å². The summed E-state index contributed by atoms with van der Waals surface area (Å²) in [5, 5.41) is 0. The number of hydrogen-bond acceptors (Lipinski definition) is 3. The van der Waals surface area contributed by atoms with Crippen LogP contribution in [0.5, 0.6) is 0 Å². The van der Waals surface area contributed by atoms with Gasteiger partial charge in [0.25, 0.3) is 5.91 Å². The Hall–Kier alpha value is -1.29. The topological polar surface area (TPSA) is 36.7 Å². The summed E-state index contributed by atoms with van der Waals surface area (Å²) in [4.78, 5) is 17.1. The van der Waals surface area contributed by atoms with Gasteiger partial charge in [-0.25, -0.2) is 0 Å². The Morgan fingerprint density at radius 3 is 2.16 bits per heavy atom. The SMILES string of the molecule is Cc1oc(C)c(C(=O)N2CCN(C3CC3)CC2)c1C. The Bertz CT molecular complexity index is 494. The molecule has 0 radical (unpaired) electrons. The summed E-state index contributed by atoms with van der Waals surface area (Å²) in [5.41, 5.74) is 1.77. The predicted molar refractivity (Wildman–Crippen MR) is 73.4 cm³/mol. The number of nitrogens with zero attached hydrogens (tertiary/aromatic N) is 2. The summed E-state index contributed by atoms with van der Waals surface area (Å²) in [6.45, 7) is 9.50. The van der Waals surface area contributed by atoms with E-state index < -0.39 is 0 Å². The van der Waals surface area contributed by atoms with E-state index in [1.54, 1.807) is 0 Å². The average molecular weight is 262 g/mol. The van der Waals surface area contributed by atoms with Crippen LogP contribution in [0.3, 0.4) is 0 Å². The van der Waals surface area contributed by atoms with Crippen LogP contribution >= 0.6 is 0 Å². The first-order valence-corrected chi connectivity index (χ1v) is 7.18. The van der Waals surface area contributed by atoms with Gasteiger partial charge in [0.05, 0.1) is 5.56 Å². The van der Waals surface area contributed by atoms with Crippen molar-refractivity contribution in [3.8, 4) is 0 Å². The molecule has 0 N–H and O–H groups in total. The summed E-state index contributed by atoms with van der Waals surface area (Å²) in [5.74, 6) is 1.75. The van der Waals surface area contributed by atoms with E-state index in [9.17, 15) is 4.79 Å². The number of aryl methyl sites for hydroxylation is 2. The molecule has 2 aliphatic rings. The Labute approximate surface area is 114 Å². The molecule has 0 atom stereocenters. The summed E-state index contributed by atoms with van der Waals surface area (Å²) < 4.78 is 5.57. The molecule has 4 heteroatoms. The number of hydrogen-bond donors (Lipinski definition) is 0. The van der Waals surface area contributed by atoms with Crippen molar-refractivity contribution in [3.63, 3.8) is 0 Å². The first-order valence-electron chi connectivity index (χ1n) is 7.18. The monoisotopic (exact) mass is 262 g/mol. The minimum atomic E-state index is 0.141. The van der Waals surface area contributed by atoms with Crippen LogP contribution in [-0.2, 0) is 0 Å². The molecular weight excluding hydrogens is 240 g/mol. The second kappa shape index (κ2) is 4.67. The van der Waals surface area contributed by atoms with Crippen molar-refractivity contribution in [1.82, 2.24) is 9.80 Å². The van der Waals surface area contributed by atoms with Gasteiger partial charge in [-0.2, -0.15) is 0 Å². The van der Waals surface area contributed by atoms with Gasteiger partial charge < -0.3 is 9.32 Å². The number of carbonyl (C=O) groups excluding carboxylic acids is 1. The second-order valence-electron chi connectivity index (χ2n) is 5.77. The highest BCUT2D eigenvalue weighted by atomic mass is 16.3. The standard InChI is InChI=1S/C15H22N2O2/c1-10-11(2)19-12(3)14(10)15(18)17-8-6-16(7-9-17)13-4-5-13/h13H,4-9H2,1-3H3. The van der Waals surface area contributed by atoms with Gasteiger partial charge in [-0.05, 0) is 33.6 Å². The molecule has 4 nitrogen and oxygen atoms in total. The quantitative estimate of drug-likeness (QED) is 0.819. The highest BCUT2D eigenvalue weighted by Crippen LogP contribution is 2.28. The third kappa shape index (κ3) is 2.29. The van der Waals surface area contributed by atoms with Gasteiger partial charge in [0.15, 0.2) is 0 Å². The molecule has 0 bridgehead atoms. The third-order valence-corrected chi connectivity index (χ3v) is 4.44. The van der Waals surface area contributed by atoms with Gasteiger partial charge >= 0.3 is 0 Å². The zero-order chi connectivity index (χ0) is 13.6. The van der Waals surface area contributed by atoms with E-state index in [2.05, 4.69) is 4.90 Å². The van der Waals surface area contributed by atoms with Gasteiger partial charge in [-0.3, -0.25) is 9.69 Å². The Kier molecular flexibility index (Phi) is 3.13. The molecule has 1 aliphatic heterocycles. The highest BCUT2D eigenvalue weighted by molar-refractivity contribution is 5.97. The maximum absolute atomic E-state index is 12.6. The van der Waals surface area contributed by atoms with Gasteiger partial charge in [0.1, 0.15) is 11.5 Å². The van der Waals surface area contributed by atoms with Crippen molar-refractivity contribution in [1.29, 1.82) is 0 Å². The largest absolute Gasteiger partial charge is 0.466 e. The van der Waals surface area contributed by atoms with Crippen LogP contribution in [0.15, 0.2) is 4.42 Å². The highest BCUT2D eigenvalue weighted by Gasteiger charge is 2.33. The molecule has 1 aromatic rings. The van der Waals surface area contributed by atoms with Gasteiger partial charge in [0.2, 0.25) is 0 Å². The minimum Gasteiger partial charge on any atom is -0.466 e. The molecule has 1 saturated carbocycles. The number of furan rings is 1. The van der Waals surface area contributed by atoms with Crippen molar-refractivity contribution in [2.75, 3.05) is 26.2 Å². The lowest BCUT2D eigenvalue weighted by Crippen LogP contribution is -2.49. The van der Waals surface area contributed by atoms with E-state index in [1.807, 2.05) is 25.7 Å². The van der Waals surface area contributed by atoms with E-state index in [1.165, 1.54) is 12.8 Å².